The van der Waals surface area contributed by atoms with Crippen LogP contribution in [0.2, 0.25) is 0 Å². The zero-order valence-electron chi connectivity index (χ0n) is 11.2. The maximum Gasteiger partial charge on any atom is 0.326 e. The first kappa shape index (κ1) is 14.0. The normalized spacial score (nSPS) is 16.8. The number of fused-ring (bicyclic) bond motifs is 1. The molecule has 2 aromatic rings. The summed E-state index contributed by atoms with van der Waals surface area (Å²) >= 11 is 0. The van der Waals surface area contributed by atoms with E-state index >= 15 is 0 Å². The number of hydrogen-bond acceptors (Lipinski definition) is 3. The average molecular weight is 305 g/mol. The minimum absolute atomic E-state index is 0.450. The second kappa shape index (κ2) is 5.13. The number of hydrogen-bond donors (Lipinski definition) is 2. The predicted octanol–water partition coefficient (Wildman–Crippen LogP) is 2.05. The molecule has 1 aliphatic carbocycles. The van der Waals surface area contributed by atoms with Gasteiger partial charge in [-0.3, -0.25) is 4.79 Å². The third-order valence-electron chi connectivity index (χ3n) is 3.63. The van der Waals surface area contributed by atoms with E-state index in [4.69, 9.17) is 0 Å². The molecule has 0 aliphatic heterocycles. The molecule has 5 nitrogen and oxygen atoms in total. The van der Waals surface area contributed by atoms with E-state index in [-0.39, 0.29) is 0 Å². The molecule has 1 fully saturated rings. The van der Waals surface area contributed by atoms with Crippen LogP contribution < -0.4 is 4.72 Å². The van der Waals surface area contributed by atoms with Crippen molar-refractivity contribution in [2.45, 2.75) is 24.1 Å². The van der Waals surface area contributed by atoms with Gasteiger partial charge in [0.25, 0.3) is 0 Å². The molecule has 1 saturated carbocycles. The number of nitrogens with one attached hydrogen (secondary N) is 1. The minimum atomic E-state index is -3.58. The Morgan fingerprint density at radius 1 is 1.14 bits per heavy atom. The summed E-state index contributed by atoms with van der Waals surface area (Å²) in [5, 5.41) is 10.6. The molecule has 1 unspecified atom stereocenters. The molecule has 1 atom stereocenters. The molecular weight excluding hydrogens is 290 g/mol. The van der Waals surface area contributed by atoms with Crippen LogP contribution in [0.4, 0.5) is 0 Å². The van der Waals surface area contributed by atoms with Crippen LogP contribution in [0.1, 0.15) is 24.4 Å². The van der Waals surface area contributed by atoms with Crippen LogP contribution in [0.3, 0.4) is 0 Å². The average Bonchev–Trinajstić information content (AvgIpc) is 3.29. The Morgan fingerprint density at radius 2 is 1.81 bits per heavy atom. The van der Waals surface area contributed by atoms with E-state index < -0.39 is 27.3 Å². The third-order valence-corrected chi connectivity index (χ3v) is 5.54. The van der Waals surface area contributed by atoms with Crippen LogP contribution >= 0.6 is 0 Å². The van der Waals surface area contributed by atoms with Gasteiger partial charge in [-0.15, -0.1) is 0 Å². The molecule has 0 amide bonds. The Hall–Kier alpha value is -1.92. The number of carboxylic acid groups (broad SMARTS) is 1. The summed E-state index contributed by atoms with van der Waals surface area (Å²) in [5.74, 6) is -1.20. The quantitative estimate of drug-likeness (QED) is 0.885. The molecule has 21 heavy (non-hydrogen) atoms. The molecule has 0 spiro atoms. The van der Waals surface area contributed by atoms with Gasteiger partial charge in [-0.1, -0.05) is 42.5 Å². The molecule has 1 aliphatic rings. The summed E-state index contributed by atoms with van der Waals surface area (Å²) in [5.41, 5.74) is 0.463. The van der Waals surface area contributed by atoms with E-state index in [0.717, 1.165) is 10.8 Å². The van der Waals surface area contributed by atoms with Crippen molar-refractivity contribution in [1.29, 1.82) is 0 Å². The highest BCUT2D eigenvalue weighted by molar-refractivity contribution is 7.90. The van der Waals surface area contributed by atoms with Crippen molar-refractivity contribution in [3.63, 3.8) is 0 Å². The smallest absolute Gasteiger partial charge is 0.326 e. The van der Waals surface area contributed by atoms with Gasteiger partial charge in [0, 0.05) is 0 Å². The van der Waals surface area contributed by atoms with Gasteiger partial charge in [-0.2, -0.15) is 4.72 Å². The summed E-state index contributed by atoms with van der Waals surface area (Å²) < 4.78 is 26.4. The van der Waals surface area contributed by atoms with Gasteiger partial charge >= 0.3 is 5.97 Å². The third kappa shape index (κ3) is 2.77. The monoisotopic (exact) mass is 305 g/mol. The second-order valence-electron chi connectivity index (χ2n) is 5.20. The number of benzene rings is 2. The van der Waals surface area contributed by atoms with Gasteiger partial charge in [-0.25, -0.2) is 8.42 Å². The summed E-state index contributed by atoms with van der Waals surface area (Å²) in [6.45, 7) is 0. The lowest BCUT2D eigenvalue weighted by atomic mass is 9.99. The maximum absolute atomic E-state index is 12.0. The standard InChI is InChI=1S/C15H15NO4S/c17-15(18)14(16-21(19,20)11-8-9-11)13-7-3-5-10-4-1-2-6-12(10)13/h1-7,11,14,16H,8-9H2,(H,17,18). The summed E-state index contributed by atoms with van der Waals surface area (Å²) in [6.07, 6.45) is 1.19. The van der Waals surface area contributed by atoms with E-state index in [9.17, 15) is 18.3 Å². The fourth-order valence-corrected chi connectivity index (χ4v) is 3.89. The van der Waals surface area contributed by atoms with Gasteiger partial charge in [0.15, 0.2) is 0 Å². The fraction of sp³-hybridized carbons (Fsp3) is 0.267. The summed E-state index contributed by atoms with van der Waals surface area (Å²) in [4.78, 5) is 11.5. The minimum Gasteiger partial charge on any atom is -0.480 e. The van der Waals surface area contributed by atoms with Crippen LogP contribution in [0.25, 0.3) is 10.8 Å². The van der Waals surface area contributed by atoms with Crippen molar-refractivity contribution in [3.05, 3.63) is 48.0 Å². The Labute approximate surface area is 122 Å². The van der Waals surface area contributed by atoms with Crippen molar-refractivity contribution in [1.82, 2.24) is 4.72 Å². The zero-order valence-corrected chi connectivity index (χ0v) is 12.0. The van der Waals surface area contributed by atoms with Gasteiger partial charge in [0.1, 0.15) is 6.04 Å². The van der Waals surface area contributed by atoms with Crippen LogP contribution in [0.15, 0.2) is 42.5 Å². The second-order valence-corrected chi connectivity index (χ2v) is 7.19. The number of carboxylic acids is 1. The highest BCUT2D eigenvalue weighted by Crippen LogP contribution is 2.31. The van der Waals surface area contributed by atoms with E-state index in [1.165, 1.54) is 0 Å². The van der Waals surface area contributed by atoms with Gasteiger partial charge < -0.3 is 5.11 Å². The maximum atomic E-state index is 12.0. The lowest BCUT2D eigenvalue weighted by molar-refractivity contribution is -0.139. The molecule has 2 aromatic carbocycles. The Bertz CT molecular complexity index is 791. The van der Waals surface area contributed by atoms with Crippen LogP contribution in [0.5, 0.6) is 0 Å². The van der Waals surface area contributed by atoms with Crippen molar-refractivity contribution < 1.29 is 18.3 Å². The van der Waals surface area contributed by atoms with Crippen LogP contribution in [0, 0.1) is 0 Å². The Morgan fingerprint density at radius 3 is 2.48 bits per heavy atom. The molecule has 0 saturated heterocycles. The van der Waals surface area contributed by atoms with E-state index in [2.05, 4.69) is 4.72 Å². The number of sulfonamides is 1. The van der Waals surface area contributed by atoms with Crippen molar-refractivity contribution in [3.8, 4) is 0 Å². The summed E-state index contributed by atoms with van der Waals surface area (Å²) in [6, 6.07) is 11.3. The zero-order chi connectivity index (χ0) is 15.0. The lowest BCUT2D eigenvalue weighted by Gasteiger charge is -2.17. The number of aliphatic carboxylic acids is 1. The van der Waals surface area contributed by atoms with Crippen molar-refractivity contribution in [2.24, 2.45) is 0 Å². The van der Waals surface area contributed by atoms with Crippen LogP contribution in [-0.4, -0.2) is 24.7 Å². The van der Waals surface area contributed by atoms with E-state index in [1.807, 2.05) is 18.2 Å². The van der Waals surface area contributed by atoms with Crippen LogP contribution in [-0.2, 0) is 14.8 Å². The molecule has 0 radical (unpaired) electrons. The molecule has 0 aromatic heterocycles. The van der Waals surface area contributed by atoms with Gasteiger partial charge in [-0.05, 0) is 29.2 Å². The molecule has 0 bridgehead atoms. The van der Waals surface area contributed by atoms with E-state index in [0.29, 0.717) is 18.4 Å². The SMILES string of the molecule is O=C(O)C(NS(=O)(=O)C1CC1)c1cccc2ccccc12. The molecule has 2 N–H and O–H groups in total. The number of rotatable bonds is 5. The van der Waals surface area contributed by atoms with Crippen molar-refractivity contribution in [2.75, 3.05) is 0 Å². The predicted molar refractivity (Wildman–Crippen MR) is 79.4 cm³/mol. The van der Waals surface area contributed by atoms with Crippen molar-refractivity contribution >= 4 is 26.8 Å². The summed E-state index contributed by atoms with van der Waals surface area (Å²) in [7, 11) is -3.58. The molecular formula is C15H15NO4S. The molecule has 6 heteroatoms. The van der Waals surface area contributed by atoms with Gasteiger partial charge in [0.2, 0.25) is 10.0 Å². The molecule has 3 rings (SSSR count). The highest BCUT2D eigenvalue weighted by atomic mass is 32.2. The fourth-order valence-electron chi connectivity index (χ4n) is 2.39. The van der Waals surface area contributed by atoms with E-state index in [1.54, 1.807) is 24.3 Å². The first-order chi connectivity index (χ1) is 9.99. The topological polar surface area (TPSA) is 83.5 Å². The number of carbonyl (C=O) groups is 1. The lowest BCUT2D eigenvalue weighted by Crippen LogP contribution is -2.35. The highest BCUT2D eigenvalue weighted by Gasteiger charge is 2.39. The van der Waals surface area contributed by atoms with Gasteiger partial charge in [0.05, 0.1) is 5.25 Å². The first-order valence-corrected chi connectivity index (χ1v) is 8.25. The molecule has 110 valence electrons. The first-order valence-electron chi connectivity index (χ1n) is 6.70. The largest absolute Gasteiger partial charge is 0.480 e. The Balaban J connectivity index is 2.06. The molecule has 0 heterocycles. The Kier molecular flexibility index (Phi) is 3.43.